The summed E-state index contributed by atoms with van der Waals surface area (Å²) in [7, 11) is 0. The van der Waals surface area contributed by atoms with Crippen LogP contribution in [0.25, 0.3) is 0 Å². The summed E-state index contributed by atoms with van der Waals surface area (Å²) in [6.07, 6.45) is 0.680. The lowest BCUT2D eigenvalue weighted by molar-refractivity contribution is -0.115. The van der Waals surface area contributed by atoms with Gasteiger partial charge in [-0.25, -0.2) is 4.39 Å². The number of aliphatic hydroxyl groups is 1. The lowest BCUT2D eigenvalue weighted by atomic mass is 9.90. The number of carbonyl (C=O) groups excluding carboxylic acids is 1. The molecule has 1 amide bonds. The molecule has 0 bridgehead atoms. The maximum atomic E-state index is 12.7. The summed E-state index contributed by atoms with van der Waals surface area (Å²) in [4.78, 5) is 11.6. The monoisotopic (exact) mass is 268 g/mol. The van der Waals surface area contributed by atoms with Crippen molar-refractivity contribution in [2.45, 2.75) is 20.3 Å². The molecular formula is C14H21FN2O2. The standard InChI is InChI=1S/C14H21FN2O2/c1-14(2,7-8-18)10-16-9-13(19)17-12-5-3-11(15)4-6-12/h3-6,16,18H,7-10H2,1-2H3,(H,17,19). The first-order valence-corrected chi connectivity index (χ1v) is 6.30. The molecule has 0 saturated carbocycles. The van der Waals surface area contributed by atoms with Gasteiger partial charge in [-0.3, -0.25) is 4.79 Å². The van der Waals surface area contributed by atoms with Gasteiger partial charge in [0.1, 0.15) is 5.82 Å². The average molecular weight is 268 g/mol. The second kappa shape index (κ2) is 7.21. The van der Waals surface area contributed by atoms with Crippen molar-refractivity contribution in [3.05, 3.63) is 30.1 Å². The molecule has 106 valence electrons. The Bertz CT molecular complexity index is 404. The largest absolute Gasteiger partial charge is 0.396 e. The molecule has 1 aromatic carbocycles. The number of anilines is 1. The lowest BCUT2D eigenvalue weighted by Crippen LogP contribution is -2.35. The Balaban J connectivity index is 2.30. The predicted octanol–water partition coefficient (Wildman–Crippen LogP) is 1.76. The van der Waals surface area contributed by atoms with Gasteiger partial charge < -0.3 is 15.7 Å². The molecule has 1 rings (SSSR count). The highest BCUT2D eigenvalue weighted by atomic mass is 19.1. The molecular weight excluding hydrogens is 247 g/mol. The number of nitrogens with one attached hydrogen (secondary N) is 2. The summed E-state index contributed by atoms with van der Waals surface area (Å²) >= 11 is 0. The smallest absolute Gasteiger partial charge is 0.238 e. The molecule has 0 aliphatic heterocycles. The number of halogens is 1. The number of hydrogen-bond acceptors (Lipinski definition) is 3. The Morgan fingerprint density at radius 1 is 1.32 bits per heavy atom. The Hall–Kier alpha value is -1.46. The number of aliphatic hydroxyl groups excluding tert-OH is 1. The van der Waals surface area contributed by atoms with Gasteiger partial charge in [-0.15, -0.1) is 0 Å². The van der Waals surface area contributed by atoms with Crippen molar-refractivity contribution < 1.29 is 14.3 Å². The van der Waals surface area contributed by atoms with E-state index in [4.69, 9.17) is 5.11 Å². The fourth-order valence-electron chi connectivity index (χ4n) is 1.64. The molecule has 5 heteroatoms. The summed E-state index contributed by atoms with van der Waals surface area (Å²) in [5, 5.41) is 14.6. The van der Waals surface area contributed by atoms with Crippen molar-refractivity contribution in [1.82, 2.24) is 5.32 Å². The summed E-state index contributed by atoms with van der Waals surface area (Å²) in [5.74, 6) is -0.506. The van der Waals surface area contributed by atoms with Crippen LogP contribution in [0.5, 0.6) is 0 Å². The second-order valence-corrected chi connectivity index (χ2v) is 5.30. The van der Waals surface area contributed by atoms with E-state index < -0.39 is 0 Å². The molecule has 4 nitrogen and oxygen atoms in total. The maximum Gasteiger partial charge on any atom is 0.238 e. The van der Waals surface area contributed by atoms with Crippen LogP contribution in [-0.2, 0) is 4.79 Å². The number of rotatable bonds is 7. The molecule has 0 unspecified atom stereocenters. The molecule has 0 saturated heterocycles. The van der Waals surface area contributed by atoms with E-state index in [-0.39, 0.29) is 30.3 Å². The van der Waals surface area contributed by atoms with E-state index in [2.05, 4.69) is 10.6 Å². The van der Waals surface area contributed by atoms with Crippen molar-refractivity contribution in [3.63, 3.8) is 0 Å². The van der Waals surface area contributed by atoms with Crippen LogP contribution in [0.15, 0.2) is 24.3 Å². The number of amides is 1. The molecule has 19 heavy (non-hydrogen) atoms. The maximum absolute atomic E-state index is 12.7. The molecule has 3 N–H and O–H groups in total. The molecule has 0 heterocycles. The third-order valence-electron chi connectivity index (χ3n) is 2.81. The first-order chi connectivity index (χ1) is 8.93. The van der Waals surface area contributed by atoms with Crippen molar-refractivity contribution in [1.29, 1.82) is 0 Å². The Kier molecular flexibility index (Phi) is 5.92. The van der Waals surface area contributed by atoms with Crippen LogP contribution in [0.4, 0.5) is 10.1 Å². The molecule has 0 fully saturated rings. The minimum atomic E-state index is -0.332. The van der Waals surface area contributed by atoms with E-state index in [1.807, 2.05) is 13.8 Å². The number of hydrogen-bond donors (Lipinski definition) is 3. The molecule has 0 spiro atoms. The average Bonchev–Trinajstić information content (AvgIpc) is 2.31. The molecule has 0 aliphatic carbocycles. The van der Waals surface area contributed by atoms with Gasteiger partial charge in [0.15, 0.2) is 0 Å². The third-order valence-corrected chi connectivity index (χ3v) is 2.81. The van der Waals surface area contributed by atoms with Crippen LogP contribution in [0.1, 0.15) is 20.3 Å². The SMILES string of the molecule is CC(C)(CCO)CNCC(=O)Nc1ccc(F)cc1. The van der Waals surface area contributed by atoms with Crippen LogP contribution in [0, 0.1) is 11.2 Å². The van der Waals surface area contributed by atoms with E-state index in [1.165, 1.54) is 24.3 Å². The van der Waals surface area contributed by atoms with Gasteiger partial charge in [0.2, 0.25) is 5.91 Å². The van der Waals surface area contributed by atoms with Crippen molar-refractivity contribution in [2.24, 2.45) is 5.41 Å². The molecule has 0 atom stereocenters. The van der Waals surface area contributed by atoms with Crippen molar-refractivity contribution >= 4 is 11.6 Å². The molecule has 0 aromatic heterocycles. The van der Waals surface area contributed by atoms with Crippen LogP contribution >= 0.6 is 0 Å². The number of benzene rings is 1. The van der Waals surface area contributed by atoms with E-state index in [0.717, 1.165) is 0 Å². The summed E-state index contributed by atoms with van der Waals surface area (Å²) < 4.78 is 12.7. The lowest BCUT2D eigenvalue weighted by Gasteiger charge is -2.23. The Morgan fingerprint density at radius 3 is 2.53 bits per heavy atom. The van der Waals surface area contributed by atoms with Crippen LogP contribution in [-0.4, -0.2) is 30.7 Å². The Labute approximate surface area is 113 Å². The molecule has 0 radical (unpaired) electrons. The zero-order chi connectivity index (χ0) is 14.3. The Morgan fingerprint density at radius 2 is 1.95 bits per heavy atom. The summed E-state index contributed by atoms with van der Waals surface area (Å²) in [5.41, 5.74) is 0.521. The van der Waals surface area contributed by atoms with Gasteiger partial charge in [-0.1, -0.05) is 13.8 Å². The van der Waals surface area contributed by atoms with Gasteiger partial charge >= 0.3 is 0 Å². The summed E-state index contributed by atoms with van der Waals surface area (Å²) in [6.45, 7) is 5.01. The fraction of sp³-hybridized carbons (Fsp3) is 0.500. The van der Waals surface area contributed by atoms with Crippen LogP contribution < -0.4 is 10.6 Å². The highest BCUT2D eigenvalue weighted by Gasteiger charge is 2.16. The summed E-state index contributed by atoms with van der Waals surface area (Å²) in [6, 6.07) is 5.63. The van der Waals surface area contributed by atoms with E-state index >= 15 is 0 Å². The molecule has 0 aliphatic rings. The van der Waals surface area contributed by atoms with Crippen molar-refractivity contribution in [3.8, 4) is 0 Å². The molecule has 1 aromatic rings. The first kappa shape index (κ1) is 15.6. The topological polar surface area (TPSA) is 61.4 Å². The second-order valence-electron chi connectivity index (χ2n) is 5.30. The quantitative estimate of drug-likeness (QED) is 0.706. The van der Waals surface area contributed by atoms with Gasteiger partial charge in [-0.05, 0) is 36.1 Å². The minimum absolute atomic E-state index is 0.0507. The zero-order valence-electron chi connectivity index (χ0n) is 11.4. The van der Waals surface area contributed by atoms with Gasteiger partial charge in [-0.2, -0.15) is 0 Å². The zero-order valence-corrected chi connectivity index (χ0v) is 11.4. The van der Waals surface area contributed by atoms with E-state index in [1.54, 1.807) is 0 Å². The van der Waals surface area contributed by atoms with E-state index in [0.29, 0.717) is 18.7 Å². The number of carbonyl (C=O) groups is 1. The minimum Gasteiger partial charge on any atom is -0.396 e. The van der Waals surface area contributed by atoms with Gasteiger partial charge in [0.05, 0.1) is 6.54 Å². The van der Waals surface area contributed by atoms with E-state index in [9.17, 15) is 9.18 Å². The third kappa shape index (κ3) is 6.31. The first-order valence-electron chi connectivity index (χ1n) is 6.30. The van der Waals surface area contributed by atoms with Crippen LogP contribution in [0.3, 0.4) is 0 Å². The van der Waals surface area contributed by atoms with Gasteiger partial charge in [0, 0.05) is 18.8 Å². The predicted molar refractivity (Wildman–Crippen MR) is 73.4 cm³/mol. The van der Waals surface area contributed by atoms with Crippen molar-refractivity contribution in [2.75, 3.05) is 25.0 Å². The fourth-order valence-corrected chi connectivity index (χ4v) is 1.64. The van der Waals surface area contributed by atoms with Gasteiger partial charge in [0.25, 0.3) is 0 Å². The van der Waals surface area contributed by atoms with Crippen LogP contribution in [0.2, 0.25) is 0 Å². The highest BCUT2D eigenvalue weighted by molar-refractivity contribution is 5.92. The normalized spacial score (nSPS) is 11.4. The highest BCUT2D eigenvalue weighted by Crippen LogP contribution is 2.17.